The Morgan fingerprint density at radius 2 is 1.62 bits per heavy atom. The van der Waals surface area contributed by atoms with Gasteiger partial charge in [-0.1, -0.05) is 60.7 Å². The number of nitrogens with zero attached hydrogens (tertiary/aromatic N) is 2. The van der Waals surface area contributed by atoms with Gasteiger partial charge in [0.2, 0.25) is 11.8 Å². The first-order valence-corrected chi connectivity index (χ1v) is 9.24. The minimum Gasteiger partial charge on any atom is -0.334 e. The van der Waals surface area contributed by atoms with E-state index in [1.807, 2.05) is 79.4 Å². The van der Waals surface area contributed by atoms with Gasteiger partial charge in [0.25, 0.3) is 0 Å². The molecule has 1 atom stereocenters. The van der Waals surface area contributed by atoms with E-state index in [-0.39, 0.29) is 23.9 Å². The zero-order chi connectivity index (χ0) is 18.5. The maximum absolute atomic E-state index is 13.3. The minimum absolute atomic E-state index is 0.0469. The number of carbonyl (C=O) groups is 2. The van der Waals surface area contributed by atoms with Crippen LogP contribution in [0.2, 0.25) is 0 Å². The van der Waals surface area contributed by atoms with Gasteiger partial charge in [0.05, 0.1) is 0 Å². The second kappa shape index (κ2) is 8.17. The Hall–Kier alpha value is -2.62. The summed E-state index contributed by atoms with van der Waals surface area (Å²) in [7, 11) is 0. The Morgan fingerprint density at radius 3 is 2.19 bits per heavy atom. The van der Waals surface area contributed by atoms with Crippen LogP contribution in [-0.4, -0.2) is 33.7 Å². The third-order valence-electron chi connectivity index (χ3n) is 4.91. The molecule has 0 spiro atoms. The molecular formula is C22H26N2O2. The van der Waals surface area contributed by atoms with Crippen LogP contribution in [0, 0.1) is 0 Å². The highest BCUT2D eigenvalue weighted by Crippen LogP contribution is 2.24. The topological polar surface area (TPSA) is 40.6 Å². The van der Waals surface area contributed by atoms with E-state index in [1.165, 1.54) is 0 Å². The van der Waals surface area contributed by atoms with Gasteiger partial charge in [-0.15, -0.1) is 0 Å². The maximum Gasteiger partial charge on any atom is 0.245 e. The predicted molar refractivity (Wildman–Crippen MR) is 102 cm³/mol. The fourth-order valence-corrected chi connectivity index (χ4v) is 3.46. The zero-order valence-corrected chi connectivity index (χ0v) is 15.5. The second-order valence-corrected chi connectivity index (χ2v) is 7.11. The number of hydrogen-bond acceptors (Lipinski definition) is 2. The summed E-state index contributed by atoms with van der Waals surface area (Å²) in [5.41, 5.74) is 2.16. The lowest BCUT2D eigenvalue weighted by Crippen LogP contribution is -2.48. The zero-order valence-electron chi connectivity index (χ0n) is 15.5. The number of carbonyl (C=O) groups excluding carboxylic acids is 2. The molecule has 1 unspecified atom stereocenters. The average Bonchev–Trinajstić information content (AvgIpc) is 3.01. The Labute approximate surface area is 155 Å². The molecule has 1 aliphatic heterocycles. The van der Waals surface area contributed by atoms with Gasteiger partial charge in [0, 0.05) is 25.6 Å². The number of likely N-dealkylation sites (tertiary alicyclic amines) is 1. The van der Waals surface area contributed by atoms with Crippen LogP contribution in [0.15, 0.2) is 60.7 Å². The van der Waals surface area contributed by atoms with E-state index in [1.54, 1.807) is 4.90 Å². The third-order valence-corrected chi connectivity index (χ3v) is 4.91. The Kier molecular flexibility index (Phi) is 5.71. The molecule has 1 saturated heterocycles. The Morgan fingerprint density at radius 1 is 1.04 bits per heavy atom. The summed E-state index contributed by atoms with van der Waals surface area (Å²) in [6, 6.07) is 19.6. The van der Waals surface area contributed by atoms with Gasteiger partial charge in [0.1, 0.15) is 6.04 Å². The van der Waals surface area contributed by atoms with Crippen LogP contribution in [0.5, 0.6) is 0 Å². The molecule has 1 aliphatic rings. The molecule has 136 valence electrons. The first-order valence-electron chi connectivity index (χ1n) is 9.24. The van der Waals surface area contributed by atoms with E-state index in [9.17, 15) is 9.59 Å². The van der Waals surface area contributed by atoms with E-state index < -0.39 is 0 Å². The summed E-state index contributed by atoms with van der Waals surface area (Å²) in [6.45, 7) is 5.12. The van der Waals surface area contributed by atoms with E-state index in [2.05, 4.69) is 0 Å². The highest BCUT2D eigenvalue weighted by Gasteiger charge is 2.38. The van der Waals surface area contributed by atoms with Crippen LogP contribution in [0.25, 0.3) is 0 Å². The molecule has 1 fully saturated rings. The summed E-state index contributed by atoms with van der Waals surface area (Å²) in [6.07, 6.45) is 1.04. The SMILES string of the molecule is CC(C)N(Cc1ccccc1)C(=O)C1CCC(=O)N1Cc1ccccc1. The summed E-state index contributed by atoms with van der Waals surface area (Å²) in [5.74, 6) is 0.112. The molecule has 2 aromatic carbocycles. The lowest BCUT2D eigenvalue weighted by molar-refractivity contribution is -0.143. The van der Waals surface area contributed by atoms with Crippen molar-refractivity contribution in [3.63, 3.8) is 0 Å². The summed E-state index contributed by atoms with van der Waals surface area (Å²) >= 11 is 0. The van der Waals surface area contributed by atoms with Gasteiger partial charge in [-0.25, -0.2) is 0 Å². The smallest absolute Gasteiger partial charge is 0.245 e. The van der Waals surface area contributed by atoms with Gasteiger partial charge in [0.15, 0.2) is 0 Å². The Bertz CT molecular complexity index is 743. The molecule has 4 heteroatoms. The lowest BCUT2D eigenvalue weighted by Gasteiger charge is -2.33. The fourth-order valence-electron chi connectivity index (χ4n) is 3.46. The number of rotatable bonds is 6. The van der Waals surface area contributed by atoms with Crippen LogP contribution in [0.3, 0.4) is 0 Å². The largest absolute Gasteiger partial charge is 0.334 e. The van der Waals surface area contributed by atoms with Crippen molar-refractivity contribution in [3.05, 3.63) is 71.8 Å². The van der Waals surface area contributed by atoms with Crippen molar-refractivity contribution in [3.8, 4) is 0 Å². The van der Waals surface area contributed by atoms with Crippen LogP contribution in [-0.2, 0) is 22.7 Å². The Balaban J connectivity index is 1.77. The molecule has 0 aromatic heterocycles. The van der Waals surface area contributed by atoms with Gasteiger partial charge < -0.3 is 9.80 Å². The first kappa shape index (κ1) is 18.2. The average molecular weight is 350 g/mol. The van der Waals surface area contributed by atoms with Crippen LogP contribution in [0.1, 0.15) is 37.8 Å². The van der Waals surface area contributed by atoms with Crippen molar-refractivity contribution in [1.29, 1.82) is 0 Å². The van der Waals surface area contributed by atoms with Crippen LogP contribution in [0.4, 0.5) is 0 Å². The lowest BCUT2D eigenvalue weighted by atomic mass is 10.1. The predicted octanol–water partition coefficient (Wildman–Crippen LogP) is 3.61. The molecule has 3 rings (SSSR count). The quantitative estimate of drug-likeness (QED) is 0.798. The first-order chi connectivity index (χ1) is 12.6. The molecule has 0 N–H and O–H groups in total. The van der Waals surface area contributed by atoms with Gasteiger partial charge in [-0.05, 0) is 31.4 Å². The summed E-state index contributed by atoms with van der Waals surface area (Å²) in [4.78, 5) is 29.3. The van der Waals surface area contributed by atoms with Crippen LogP contribution < -0.4 is 0 Å². The molecule has 2 amide bonds. The molecule has 0 radical (unpaired) electrons. The fraction of sp³-hybridized carbons (Fsp3) is 0.364. The van der Waals surface area contributed by atoms with Crippen molar-refractivity contribution in [2.75, 3.05) is 0 Å². The van der Waals surface area contributed by atoms with Gasteiger partial charge in [-0.3, -0.25) is 9.59 Å². The van der Waals surface area contributed by atoms with Gasteiger partial charge in [-0.2, -0.15) is 0 Å². The molecule has 4 nitrogen and oxygen atoms in total. The van der Waals surface area contributed by atoms with Crippen LogP contribution >= 0.6 is 0 Å². The molecular weight excluding hydrogens is 324 g/mol. The van der Waals surface area contributed by atoms with Crippen molar-refractivity contribution >= 4 is 11.8 Å². The molecule has 0 aliphatic carbocycles. The molecule has 0 saturated carbocycles. The van der Waals surface area contributed by atoms with Gasteiger partial charge >= 0.3 is 0 Å². The number of amides is 2. The number of benzene rings is 2. The van der Waals surface area contributed by atoms with E-state index in [4.69, 9.17) is 0 Å². The van der Waals surface area contributed by atoms with Crippen molar-refractivity contribution in [2.24, 2.45) is 0 Å². The third kappa shape index (κ3) is 4.13. The summed E-state index contributed by atoms with van der Waals surface area (Å²) < 4.78 is 0. The van der Waals surface area contributed by atoms with E-state index >= 15 is 0 Å². The highest BCUT2D eigenvalue weighted by molar-refractivity contribution is 5.91. The van der Waals surface area contributed by atoms with E-state index in [0.29, 0.717) is 25.9 Å². The van der Waals surface area contributed by atoms with Crippen molar-refractivity contribution in [1.82, 2.24) is 9.80 Å². The normalized spacial score (nSPS) is 17.0. The molecule has 2 aromatic rings. The standard InChI is InChI=1S/C22H26N2O2/c1-17(2)23(15-18-9-5-3-6-10-18)22(26)20-13-14-21(25)24(20)16-19-11-7-4-8-12-19/h3-12,17,20H,13-16H2,1-2H3. The monoisotopic (exact) mass is 350 g/mol. The number of hydrogen-bond donors (Lipinski definition) is 0. The van der Waals surface area contributed by atoms with Crippen molar-refractivity contribution in [2.45, 2.75) is 51.9 Å². The molecule has 1 heterocycles. The molecule has 0 bridgehead atoms. The highest BCUT2D eigenvalue weighted by atomic mass is 16.2. The minimum atomic E-state index is -0.367. The van der Waals surface area contributed by atoms with Crippen molar-refractivity contribution < 1.29 is 9.59 Å². The molecule has 26 heavy (non-hydrogen) atoms. The summed E-state index contributed by atoms with van der Waals surface area (Å²) in [5, 5.41) is 0. The maximum atomic E-state index is 13.3. The second-order valence-electron chi connectivity index (χ2n) is 7.11. The van der Waals surface area contributed by atoms with E-state index in [0.717, 1.165) is 11.1 Å².